The monoisotopic (exact) mass is 398 g/mol. The van der Waals surface area contributed by atoms with Gasteiger partial charge in [-0.3, -0.25) is 4.79 Å². The van der Waals surface area contributed by atoms with Crippen molar-refractivity contribution in [1.29, 1.82) is 0 Å². The van der Waals surface area contributed by atoms with E-state index in [1.54, 1.807) is 11.6 Å². The van der Waals surface area contributed by atoms with E-state index in [0.29, 0.717) is 29.8 Å². The largest absolute Gasteiger partial charge is 0.463 e. The van der Waals surface area contributed by atoms with Crippen molar-refractivity contribution in [2.24, 2.45) is 34.5 Å². The van der Waals surface area contributed by atoms with E-state index in [0.717, 1.165) is 25.2 Å². The first-order valence-electron chi connectivity index (χ1n) is 11.6. The van der Waals surface area contributed by atoms with Crippen molar-refractivity contribution in [1.82, 2.24) is 0 Å². The van der Waals surface area contributed by atoms with Gasteiger partial charge in [-0.05, 0) is 91.4 Å². The van der Waals surface area contributed by atoms with Crippen LogP contribution in [-0.2, 0) is 19.1 Å². The molecule has 0 N–H and O–H groups in total. The molecule has 0 spiro atoms. The number of esters is 2. The molecule has 0 radical (unpaired) electrons. The highest BCUT2D eigenvalue weighted by atomic mass is 16.5. The van der Waals surface area contributed by atoms with E-state index in [4.69, 9.17) is 9.47 Å². The van der Waals surface area contributed by atoms with Gasteiger partial charge >= 0.3 is 11.9 Å². The van der Waals surface area contributed by atoms with Gasteiger partial charge in [0.1, 0.15) is 12.7 Å². The maximum Gasteiger partial charge on any atom is 0.331 e. The Hall–Kier alpha value is -1.58. The van der Waals surface area contributed by atoms with E-state index < -0.39 is 0 Å². The van der Waals surface area contributed by atoms with Gasteiger partial charge in [0.2, 0.25) is 0 Å². The van der Waals surface area contributed by atoms with Crippen LogP contribution in [0.5, 0.6) is 0 Å². The average Bonchev–Trinajstić information content (AvgIpc) is 3.24. The minimum absolute atomic E-state index is 0.123. The van der Waals surface area contributed by atoms with E-state index in [9.17, 15) is 9.59 Å². The third kappa shape index (κ3) is 2.92. The molecule has 0 aromatic carbocycles. The molecule has 0 amide bonds. The van der Waals surface area contributed by atoms with E-state index in [2.05, 4.69) is 19.9 Å². The molecule has 158 valence electrons. The number of hydrogen-bond acceptors (Lipinski definition) is 4. The normalized spacial score (nSPS) is 46.0. The summed E-state index contributed by atoms with van der Waals surface area (Å²) in [4.78, 5) is 23.1. The summed E-state index contributed by atoms with van der Waals surface area (Å²) in [6, 6.07) is 0. The van der Waals surface area contributed by atoms with Crippen LogP contribution in [0.3, 0.4) is 0 Å². The zero-order valence-corrected chi connectivity index (χ0v) is 18.0. The fourth-order valence-corrected chi connectivity index (χ4v) is 8.04. The van der Waals surface area contributed by atoms with Crippen LogP contribution in [0.2, 0.25) is 0 Å². The summed E-state index contributed by atoms with van der Waals surface area (Å²) in [5.41, 5.74) is 3.45. The fourth-order valence-electron chi connectivity index (χ4n) is 8.04. The second-order valence-corrected chi connectivity index (χ2v) is 10.7. The van der Waals surface area contributed by atoms with E-state index >= 15 is 0 Å². The van der Waals surface area contributed by atoms with Crippen LogP contribution < -0.4 is 0 Å². The number of fused-ring (bicyclic) bond motifs is 5. The molecule has 1 aliphatic heterocycles. The number of allylic oxidation sites excluding steroid dienone is 2. The first-order valence-corrected chi connectivity index (χ1v) is 11.6. The summed E-state index contributed by atoms with van der Waals surface area (Å²) >= 11 is 0. The van der Waals surface area contributed by atoms with E-state index in [1.807, 2.05) is 0 Å². The first-order chi connectivity index (χ1) is 13.8. The molecular formula is C25H34O4. The minimum atomic E-state index is -0.164. The molecule has 29 heavy (non-hydrogen) atoms. The molecular weight excluding hydrogens is 364 g/mol. The van der Waals surface area contributed by atoms with Crippen LogP contribution in [0, 0.1) is 34.5 Å². The van der Waals surface area contributed by atoms with Crippen LogP contribution in [-0.4, -0.2) is 24.6 Å². The molecule has 0 bridgehead atoms. The maximum atomic E-state index is 11.6. The quantitative estimate of drug-likeness (QED) is 0.486. The van der Waals surface area contributed by atoms with Crippen LogP contribution in [0.1, 0.15) is 72.1 Å². The third-order valence-corrected chi connectivity index (χ3v) is 9.48. The molecule has 0 unspecified atom stereocenters. The lowest BCUT2D eigenvalue weighted by atomic mass is 9.45. The van der Waals surface area contributed by atoms with Gasteiger partial charge in [-0.25, -0.2) is 4.79 Å². The predicted octanol–water partition coefficient (Wildman–Crippen LogP) is 4.98. The molecule has 4 nitrogen and oxygen atoms in total. The number of hydrogen-bond donors (Lipinski definition) is 0. The number of cyclic esters (lactones) is 1. The zero-order valence-electron chi connectivity index (χ0n) is 18.0. The molecule has 7 atom stereocenters. The molecule has 0 aromatic heterocycles. The number of ether oxygens (including phenoxy) is 2. The second kappa shape index (κ2) is 6.72. The maximum absolute atomic E-state index is 11.6. The smallest absolute Gasteiger partial charge is 0.331 e. The standard InChI is InChI=1S/C25H34O4/c1-15(26)29-18-8-10-24(2)17(13-18)4-5-19-21-7-6-20(16-12-23(27)28-14-16)25(21,3)11-9-22(19)24/h7,12,17-20,22H,4-6,8-11,13-14H2,1-3H3/t17-,18-,19-,20-,22+,24-,25+/m1/s1. The topological polar surface area (TPSA) is 52.6 Å². The zero-order chi connectivity index (χ0) is 20.4. The Morgan fingerprint density at radius 1 is 1.17 bits per heavy atom. The van der Waals surface area contributed by atoms with Crippen LogP contribution in [0.15, 0.2) is 23.3 Å². The van der Waals surface area contributed by atoms with Gasteiger partial charge in [0.15, 0.2) is 0 Å². The lowest BCUT2D eigenvalue weighted by molar-refractivity contribution is -0.155. The Morgan fingerprint density at radius 3 is 2.72 bits per heavy atom. The van der Waals surface area contributed by atoms with Gasteiger partial charge in [0.05, 0.1) is 0 Å². The van der Waals surface area contributed by atoms with Gasteiger partial charge in [0.25, 0.3) is 0 Å². The summed E-state index contributed by atoms with van der Waals surface area (Å²) < 4.78 is 10.8. The third-order valence-electron chi connectivity index (χ3n) is 9.48. The Morgan fingerprint density at radius 2 is 2.00 bits per heavy atom. The highest BCUT2D eigenvalue weighted by Gasteiger charge is 2.58. The molecule has 4 aliphatic carbocycles. The number of carbonyl (C=O) groups excluding carboxylic acids is 2. The Labute approximate surface area is 174 Å². The van der Waals surface area contributed by atoms with Gasteiger partial charge in [-0.1, -0.05) is 25.5 Å². The van der Waals surface area contributed by atoms with E-state index in [-0.39, 0.29) is 23.5 Å². The number of rotatable bonds is 2. The van der Waals surface area contributed by atoms with Crippen molar-refractivity contribution in [3.8, 4) is 0 Å². The van der Waals surface area contributed by atoms with Crippen molar-refractivity contribution >= 4 is 11.9 Å². The molecule has 3 saturated carbocycles. The average molecular weight is 399 g/mol. The predicted molar refractivity (Wildman–Crippen MR) is 110 cm³/mol. The van der Waals surface area contributed by atoms with Crippen molar-refractivity contribution in [2.45, 2.75) is 78.2 Å². The van der Waals surface area contributed by atoms with Gasteiger partial charge in [0, 0.05) is 13.0 Å². The lowest BCUT2D eigenvalue weighted by Gasteiger charge is -2.59. The summed E-state index contributed by atoms with van der Waals surface area (Å²) in [6.07, 6.45) is 13.7. The van der Waals surface area contributed by atoms with Gasteiger partial charge < -0.3 is 9.47 Å². The van der Waals surface area contributed by atoms with Crippen molar-refractivity contribution in [3.05, 3.63) is 23.3 Å². The molecule has 1 heterocycles. The Kier molecular flexibility index (Phi) is 4.49. The van der Waals surface area contributed by atoms with Crippen LogP contribution in [0.25, 0.3) is 0 Å². The Bertz CT molecular complexity index is 795. The molecule has 5 aliphatic rings. The highest BCUT2D eigenvalue weighted by molar-refractivity contribution is 5.85. The van der Waals surface area contributed by atoms with Gasteiger partial charge in [-0.2, -0.15) is 0 Å². The summed E-state index contributed by atoms with van der Waals surface area (Å²) in [5, 5.41) is 0. The second-order valence-electron chi connectivity index (χ2n) is 10.7. The summed E-state index contributed by atoms with van der Waals surface area (Å²) in [7, 11) is 0. The summed E-state index contributed by atoms with van der Waals surface area (Å²) in [6.45, 7) is 7.00. The Balaban J connectivity index is 1.36. The van der Waals surface area contributed by atoms with Crippen LogP contribution >= 0.6 is 0 Å². The lowest BCUT2D eigenvalue weighted by Crippen LogP contribution is -2.52. The highest BCUT2D eigenvalue weighted by Crippen LogP contribution is 2.66. The van der Waals surface area contributed by atoms with Crippen molar-refractivity contribution in [3.63, 3.8) is 0 Å². The number of carbonyl (C=O) groups is 2. The van der Waals surface area contributed by atoms with Crippen molar-refractivity contribution in [2.75, 3.05) is 6.61 Å². The van der Waals surface area contributed by atoms with E-state index in [1.165, 1.54) is 44.6 Å². The molecule has 5 rings (SSSR count). The molecule has 3 fully saturated rings. The minimum Gasteiger partial charge on any atom is -0.463 e. The molecule has 4 heteroatoms. The summed E-state index contributed by atoms with van der Waals surface area (Å²) in [5.74, 6) is 2.24. The van der Waals surface area contributed by atoms with Gasteiger partial charge in [-0.15, -0.1) is 0 Å². The van der Waals surface area contributed by atoms with Crippen LogP contribution in [0.4, 0.5) is 0 Å². The first kappa shape index (κ1) is 19.4. The SMILES string of the molecule is CC(=O)O[C@@H]1CC[C@]2(C)[C@H](CC[C@@H]3C4=CC[C@H](C5=CC(=O)OC5)[C@]4(C)CC[C@@H]32)C1. The molecule has 0 saturated heterocycles. The van der Waals surface area contributed by atoms with Crippen molar-refractivity contribution < 1.29 is 19.1 Å². The molecule has 0 aromatic rings. The fraction of sp³-hybridized carbons (Fsp3) is 0.760.